The first-order valence-corrected chi connectivity index (χ1v) is 11.8. The molecule has 2 amide bonds. The second-order valence-corrected chi connectivity index (χ2v) is 11.1. The number of aromatic nitrogens is 4. The van der Waals surface area contributed by atoms with Crippen LogP contribution >= 0.6 is 0 Å². The summed E-state index contributed by atoms with van der Waals surface area (Å²) < 4.78 is 1.48. The van der Waals surface area contributed by atoms with Gasteiger partial charge in [-0.1, -0.05) is 0 Å². The van der Waals surface area contributed by atoms with Gasteiger partial charge in [0.15, 0.2) is 0 Å². The van der Waals surface area contributed by atoms with Crippen molar-refractivity contribution in [2.45, 2.75) is 64.3 Å². The third-order valence-corrected chi connectivity index (χ3v) is 9.08. The van der Waals surface area contributed by atoms with Gasteiger partial charge >= 0.3 is 0 Å². The molecule has 0 atom stereocenters. The number of nitrogens with zero attached hydrogens (tertiary/aromatic N) is 6. The lowest BCUT2D eigenvalue weighted by molar-refractivity contribution is -0.157. The fourth-order valence-electron chi connectivity index (χ4n) is 7.95. The zero-order valence-electron chi connectivity index (χ0n) is 17.7. The second-order valence-electron chi connectivity index (χ2n) is 11.1. The Balaban J connectivity index is 1.08. The van der Waals surface area contributed by atoms with Crippen molar-refractivity contribution < 1.29 is 9.59 Å². The van der Waals surface area contributed by atoms with E-state index in [4.69, 9.17) is 0 Å². The van der Waals surface area contributed by atoms with Crippen LogP contribution in [0, 0.1) is 28.6 Å². The maximum Gasteiger partial charge on any atom is 0.244 e. The Hall–Kier alpha value is -1.99. The minimum Gasteiger partial charge on any atom is -0.342 e. The van der Waals surface area contributed by atoms with Gasteiger partial charge in [-0.15, -0.1) is 5.10 Å². The fourth-order valence-corrected chi connectivity index (χ4v) is 7.95. The molecule has 4 bridgehead atoms. The van der Waals surface area contributed by atoms with Crippen LogP contribution in [0.25, 0.3) is 0 Å². The number of carbonyl (C=O) groups excluding carboxylic acids is 2. The van der Waals surface area contributed by atoms with Crippen molar-refractivity contribution in [3.05, 3.63) is 6.33 Å². The summed E-state index contributed by atoms with van der Waals surface area (Å²) in [4.78, 5) is 30.4. The van der Waals surface area contributed by atoms with Crippen molar-refractivity contribution in [1.29, 1.82) is 0 Å². The largest absolute Gasteiger partial charge is 0.342 e. The van der Waals surface area contributed by atoms with Crippen LogP contribution in [0.2, 0.25) is 0 Å². The first-order chi connectivity index (χ1) is 14.5. The fraction of sp³-hybridized carbons (Fsp3) is 0.864. The minimum absolute atomic E-state index is 0.0250. The molecule has 2 saturated heterocycles. The molecule has 7 rings (SSSR count). The number of likely N-dealkylation sites (tertiary alicyclic amines) is 2. The third-order valence-electron chi connectivity index (χ3n) is 9.08. The van der Waals surface area contributed by atoms with E-state index in [9.17, 15) is 9.59 Å². The molecule has 6 fully saturated rings. The number of amides is 2. The van der Waals surface area contributed by atoms with Crippen molar-refractivity contribution in [2.75, 3.05) is 26.2 Å². The molecular weight excluding hydrogens is 380 g/mol. The first kappa shape index (κ1) is 18.8. The molecule has 2 aliphatic heterocycles. The molecule has 1 aromatic rings. The Morgan fingerprint density at radius 3 is 2.07 bits per heavy atom. The van der Waals surface area contributed by atoms with Crippen molar-refractivity contribution >= 4 is 11.8 Å². The monoisotopic (exact) mass is 412 g/mol. The van der Waals surface area contributed by atoms with Crippen LogP contribution in [0.3, 0.4) is 0 Å². The summed E-state index contributed by atoms with van der Waals surface area (Å²) in [5, 5.41) is 11.0. The van der Waals surface area contributed by atoms with Crippen LogP contribution in [0.5, 0.6) is 0 Å². The average molecular weight is 413 g/mol. The van der Waals surface area contributed by atoms with Gasteiger partial charge in [0.1, 0.15) is 12.9 Å². The molecule has 4 aliphatic carbocycles. The van der Waals surface area contributed by atoms with E-state index < -0.39 is 0 Å². The van der Waals surface area contributed by atoms with E-state index in [-0.39, 0.29) is 23.3 Å². The summed E-state index contributed by atoms with van der Waals surface area (Å²) >= 11 is 0. The van der Waals surface area contributed by atoms with Gasteiger partial charge in [0.05, 0.1) is 5.41 Å². The van der Waals surface area contributed by atoms with Crippen LogP contribution in [0.15, 0.2) is 6.33 Å². The third kappa shape index (κ3) is 3.05. The molecule has 30 heavy (non-hydrogen) atoms. The molecule has 4 saturated carbocycles. The van der Waals surface area contributed by atoms with Gasteiger partial charge in [0, 0.05) is 26.2 Å². The highest BCUT2D eigenvalue weighted by atomic mass is 16.2. The summed E-state index contributed by atoms with van der Waals surface area (Å²) in [5.74, 6) is 3.00. The minimum atomic E-state index is -0.0250. The molecule has 1 aromatic heterocycles. The van der Waals surface area contributed by atoms with Crippen LogP contribution in [0.1, 0.15) is 57.8 Å². The van der Waals surface area contributed by atoms with Crippen molar-refractivity contribution in [3.63, 3.8) is 0 Å². The van der Waals surface area contributed by atoms with Crippen molar-refractivity contribution in [2.24, 2.45) is 28.6 Å². The molecule has 6 aliphatic rings. The van der Waals surface area contributed by atoms with Crippen LogP contribution < -0.4 is 0 Å². The molecule has 8 heteroatoms. The van der Waals surface area contributed by atoms with E-state index in [1.165, 1.54) is 30.3 Å². The highest BCUT2D eigenvalue weighted by Gasteiger charge is 2.57. The summed E-state index contributed by atoms with van der Waals surface area (Å²) in [6, 6.07) is 0. The number of hydrogen-bond acceptors (Lipinski definition) is 5. The van der Waals surface area contributed by atoms with Gasteiger partial charge in [0.2, 0.25) is 11.8 Å². The van der Waals surface area contributed by atoms with E-state index in [2.05, 4.69) is 20.4 Å². The predicted molar refractivity (Wildman–Crippen MR) is 108 cm³/mol. The van der Waals surface area contributed by atoms with Crippen LogP contribution in [0.4, 0.5) is 0 Å². The van der Waals surface area contributed by atoms with E-state index in [1.807, 2.05) is 4.90 Å². The molecular formula is C22H32N6O2. The summed E-state index contributed by atoms with van der Waals surface area (Å²) in [6.45, 7) is 3.58. The van der Waals surface area contributed by atoms with Crippen molar-refractivity contribution in [1.82, 2.24) is 30.0 Å². The standard InChI is InChI=1S/C22H32N6O2/c29-19(13-28-15-23-24-25-28)26-4-1-21(2-5-26)3-6-27(14-21)20(30)22-10-16-7-17(11-22)9-18(8-16)12-22/h15-18H,1-14H2. The Morgan fingerprint density at radius 2 is 1.50 bits per heavy atom. The van der Waals surface area contributed by atoms with Crippen LogP contribution in [-0.4, -0.2) is 68.0 Å². The quantitative estimate of drug-likeness (QED) is 0.755. The van der Waals surface area contributed by atoms with Gasteiger partial charge < -0.3 is 9.80 Å². The molecule has 0 aromatic carbocycles. The van der Waals surface area contributed by atoms with Gasteiger partial charge in [-0.05, 0) is 91.4 Å². The molecule has 0 N–H and O–H groups in total. The molecule has 162 valence electrons. The number of hydrogen-bond donors (Lipinski definition) is 0. The number of carbonyl (C=O) groups is 2. The Bertz CT molecular complexity index is 793. The average Bonchev–Trinajstić information content (AvgIpc) is 3.37. The van der Waals surface area contributed by atoms with Gasteiger partial charge in [-0.3, -0.25) is 9.59 Å². The SMILES string of the molecule is O=C(Cn1cnnn1)N1CCC2(CC1)CCN(C(=O)C13CC4CC(CC(C4)C1)C3)C2. The number of piperidine rings is 1. The Kier molecular flexibility index (Phi) is 4.22. The molecule has 1 spiro atoms. The summed E-state index contributed by atoms with van der Waals surface area (Å²) in [5.41, 5.74) is 0.187. The lowest BCUT2D eigenvalue weighted by Crippen LogP contribution is -2.54. The predicted octanol–water partition coefficient (Wildman–Crippen LogP) is 1.73. The maximum absolute atomic E-state index is 13.7. The zero-order chi connectivity index (χ0) is 20.3. The second kappa shape index (κ2) is 6.76. The Labute approximate surface area is 177 Å². The molecule has 3 heterocycles. The smallest absolute Gasteiger partial charge is 0.244 e. The van der Waals surface area contributed by atoms with Gasteiger partial charge in [-0.2, -0.15) is 0 Å². The topological polar surface area (TPSA) is 84.2 Å². The normalized spacial score (nSPS) is 36.6. The highest BCUT2D eigenvalue weighted by Crippen LogP contribution is 2.61. The van der Waals surface area contributed by atoms with E-state index in [1.54, 1.807) is 0 Å². The number of tetrazole rings is 1. The molecule has 0 unspecified atom stereocenters. The van der Waals surface area contributed by atoms with E-state index in [0.29, 0.717) is 5.91 Å². The Morgan fingerprint density at radius 1 is 0.900 bits per heavy atom. The van der Waals surface area contributed by atoms with E-state index >= 15 is 0 Å². The lowest BCUT2D eigenvalue weighted by Gasteiger charge is -2.56. The summed E-state index contributed by atoms with van der Waals surface area (Å²) in [7, 11) is 0. The maximum atomic E-state index is 13.7. The first-order valence-electron chi connectivity index (χ1n) is 11.8. The lowest BCUT2D eigenvalue weighted by atomic mass is 9.49. The molecule has 0 radical (unpaired) electrons. The van der Waals surface area contributed by atoms with Gasteiger partial charge in [-0.25, -0.2) is 4.68 Å². The van der Waals surface area contributed by atoms with Gasteiger partial charge in [0.25, 0.3) is 0 Å². The molecule has 8 nitrogen and oxygen atoms in total. The van der Waals surface area contributed by atoms with Crippen molar-refractivity contribution in [3.8, 4) is 0 Å². The van der Waals surface area contributed by atoms with E-state index in [0.717, 1.165) is 82.5 Å². The highest BCUT2D eigenvalue weighted by molar-refractivity contribution is 5.83. The zero-order valence-corrected chi connectivity index (χ0v) is 17.7. The summed E-state index contributed by atoms with van der Waals surface area (Å²) in [6.07, 6.45) is 12.2. The number of rotatable bonds is 3. The van der Waals surface area contributed by atoms with Crippen LogP contribution in [-0.2, 0) is 16.1 Å².